The van der Waals surface area contributed by atoms with Gasteiger partial charge in [-0.25, -0.2) is 0 Å². The van der Waals surface area contributed by atoms with E-state index in [0.29, 0.717) is 19.0 Å². The van der Waals surface area contributed by atoms with Gasteiger partial charge in [0, 0.05) is 50.4 Å². The second-order valence-corrected chi connectivity index (χ2v) is 5.67. The van der Waals surface area contributed by atoms with Crippen LogP contribution in [0, 0.1) is 0 Å². The first-order chi connectivity index (χ1) is 10.2. The first kappa shape index (κ1) is 16.0. The third-order valence-electron chi connectivity index (χ3n) is 4.05. The minimum absolute atomic E-state index is 0.0572. The summed E-state index contributed by atoms with van der Waals surface area (Å²) in [4.78, 5) is 14.0. The molecule has 1 amide bonds. The second-order valence-electron chi connectivity index (χ2n) is 5.67. The number of piperidine rings is 1. The molecule has 6 nitrogen and oxygen atoms in total. The minimum Gasteiger partial charge on any atom is -0.354 e. The molecule has 0 aliphatic carbocycles. The first-order valence-corrected chi connectivity index (χ1v) is 7.95. The van der Waals surface area contributed by atoms with E-state index >= 15 is 0 Å². The van der Waals surface area contributed by atoms with Crippen LogP contribution in [0.5, 0.6) is 0 Å². The molecule has 6 heteroatoms. The Kier molecular flexibility index (Phi) is 6.20. The second kappa shape index (κ2) is 8.14. The van der Waals surface area contributed by atoms with Gasteiger partial charge < -0.3 is 11.1 Å². The molecule has 2 rings (SSSR count). The number of aromatic nitrogens is 2. The van der Waals surface area contributed by atoms with Gasteiger partial charge in [0.25, 0.3) is 0 Å². The fourth-order valence-electron chi connectivity index (χ4n) is 2.85. The van der Waals surface area contributed by atoms with Crippen LogP contribution in [0.3, 0.4) is 0 Å². The molecule has 1 fully saturated rings. The van der Waals surface area contributed by atoms with E-state index < -0.39 is 0 Å². The van der Waals surface area contributed by atoms with Crippen molar-refractivity contribution >= 4 is 5.91 Å². The number of hydrogen-bond donors (Lipinski definition) is 2. The van der Waals surface area contributed by atoms with Crippen molar-refractivity contribution in [2.75, 3.05) is 19.6 Å². The third-order valence-corrected chi connectivity index (χ3v) is 4.05. The molecule has 0 saturated carbocycles. The van der Waals surface area contributed by atoms with Crippen LogP contribution in [0.4, 0.5) is 0 Å². The summed E-state index contributed by atoms with van der Waals surface area (Å²) in [7, 11) is 0. The Bertz CT molecular complexity index is 445. The van der Waals surface area contributed by atoms with Gasteiger partial charge in [-0.15, -0.1) is 0 Å². The lowest BCUT2D eigenvalue weighted by atomic mass is 10.0. The van der Waals surface area contributed by atoms with Crippen molar-refractivity contribution in [3.05, 3.63) is 18.0 Å². The summed E-state index contributed by atoms with van der Waals surface area (Å²) in [5, 5.41) is 7.33. The number of carbonyl (C=O) groups excluding carboxylic acids is 1. The quantitative estimate of drug-likeness (QED) is 0.777. The predicted octanol–water partition coefficient (Wildman–Crippen LogP) is 0.723. The molecular formula is C15H27N5O. The monoisotopic (exact) mass is 293 g/mol. The Hall–Kier alpha value is -1.40. The molecule has 1 atom stereocenters. The lowest BCUT2D eigenvalue weighted by molar-refractivity contribution is -0.121. The van der Waals surface area contributed by atoms with Crippen molar-refractivity contribution in [3.63, 3.8) is 0 Å². The number of nitrogens with one attached hydrogen (secondary N) is 1. The Labute approximate surface area is 126 Å². The van der Waals surface area contributed by atoms with Gasteiger partial charge in [-0.05, 0) is 26.3 Å². The molecule has 1 aliphatic rings. The minimum atomic E-state index is 0.0572. The summed E-state index contributed by atoms with van der Waals surface area (Å²) in [6.07, 6.45) is 8.08. The maximum Gasteiger partial charge on any atom is 0.221 e. The summed E-state index contributed by atoms with van der Waals surface area (Å²) >= 11 is 0. The molecule has 3 N–H and O–H groups in total. The van der Waals surface area contributed by atoms with Crippen LogP contribution in [0.25, 0.3) is 0 Å². The third kappa shape index (κ3) is 4.82. The van der Waals surface area contributed by atoms with Gasteiger partial charge in [-0.2, -0.15) is 5.10 Å². The molecule has 2 heterocycles. The zero-order valence-corrected chi connectivity index (χ0v) is 12.9. The summed E-state index contributed by atoms with van der Waals surface area (Å²) in [6.45, 7) is 6.13. The van der Waals surface area contributed by atoms with Crippen LogP contribution in [-0.4, -0.2) is 46.3 Å². The molecule has 1 saturated heterocycles. The number of nitrogens with two attached hydrogens (primary N) is 1. The van der Waals surface area contributed by atoms with Crippen LogP contribution >= 0.6 is 0 Å². The standard InChI is InChI=1S/C15H27N5O/c1-2-20-12-13(9-18-20)11-19-8-4-3-5-14(19)10-17-15(21)6-7-16/h9,12,14H,2-8,10-11,16H2,1H3,(H,17,21). The van der Waals surface area contributed by atoms with E-state index in [9.17, 15) is 4.79 Å². The summed E-state index contributed by atoms with van der Waals surface area (Å²) in [5.74, 6) is 0.0572. The Morgan fingerprint density at radius 3 is 3.10 bits per heavy atom. The number of aryl methyl sites for hydroxylation is 1. The van der Waals surface area contributed by atoms with Gasteiger partial charge in [-0.1, -0.05) is 6.42 Å². The molecule has 0 bridgehead atoms. The molecule has 1 unspecified atom stereocenters. The van der Waals surface area contributed by atoms with Crippen molar-refractivity contribution in [1.29, 1.82) is 0 Å². The molecule has 1 aromatic rings. The SMILES string of the molecule is CCn1cc(CN2CCCCC2CNC(=O)CCN)cn1. The Morgan fingerprint density at radius 1 is 1.52 bits per heavy atom. The molecule has 0 radical (unpaired) electrons. The van der Waals surface area contributed by atoms with Crippen LogP contribution in [0.1, 0.15) is 38.2 Å². The van der Waals surface area contributed by atoms with E-state index in [4.69, 9.17) is 5.73 Å². The molecule has 0 aromatic carbocycles. The molecule has 0 spiro atoms. The highest BCUT2D eigenvalue weighted by molar-refractivity contribution is 5.76. The number of carbonyl (C=O) groups is 1. The number of rotatable bonds is 7. The number of likely N-dealkylation sites (tertiary alicyclic amines) is 1. The van der Waals surface area contributed by atoms with Crippen LogP contribution in [-0.2, 0) is 17.9 Å². The molecule has 118 valence electrons. The van der Waals surface area contributed by atoms with Crippen molar-refractivity contribution in [2.45, 2.75) is 51.7 Å². The zero-order valence-electron chi connectivity index (χ0n) is 12.9. The highest BCUT2D eigenvalue weighted by Gasteiger charge is 2.23. The van der Waals surface area contributed by atoms with Gasteiger partial charge in [0.1, 0.15) is 0 Å². The van der Waals surface area contributed by atoms with E-state index in [2.05, 4.69) is 28.4 Å². The van der Waals surface area contributed by atoms with Gasteiger partial charge in [0.2, 0.25) is 5.91 Å². The number of amides is 1. The highest BCUT2D eigenvalue weighted by Crippen LogP contribution is 2.19. The summed E-state index contributed by atoms with van der Waals surface area (Å²) in [6, 6.07) is 0.422. The van der Waals surface area contributed by atoms with Crippen LogP contribution < -0.4 is 11.1 Å². The van der Waals surface area contributed by atoms with Crippen molar-refractivity contribution in [3.8, 4) is 0 Å². The summed E-state index contributed by atoms with van der Waals surface area (Å²) in [5.41, 5.74) is 6.65. The summed E-state index contributed by atoms with van der Waals surface area (Å²) < 4.78 is 1.96. The van der Waals surface area contributed by atoms with Crippen molar-refractivity contribution < 1.29 is 4.79 Å². The molecule has 1 aliphatic heterocycles. The molecule has 1 aromatic heterocycles. The van der Waals surface area contributed by atoms with Gasteiger partial charge in [0.15, 0.2) is 0 Å². The lowest BCUT2D eigenvalue weighted by Crippen LogP contribution is -2.46. The molecule has 21 heavy (non-hydrogen) atoms. The van der Waals surface area contributed by atoms with Crippen LogP contribution in [0.2, 0.25) is 0 Å². The maximum atomic E-state index is 11.6. The van der Waals surface area contributed by atoms with Crippen molar-refractivity contribution in [1.82, 2.24) is 20.0 Å². The average molecular weight is 293 g/mol. The van der Waals surface area contributed by atoms with E-state index in [1.807, 2.05) is 10.9 Å². The van der Waals surface area contributed by atoms with E-state index in [0.717, 1.165) is 32.6 Å². The number of hydrogen-bond acceptors (Lipinski definition) is 4. The predicted molar refractivity (Wildman–Crippen MR) is 82.6 cm³/mol. The number of nitrogens with zero attached hydrogens (tertiary/aromatic N) is 3. The van der Waals surface area contributed by atoms with Gasteiger partial charge >= 0.3 is 0 Å². The van der Waals surface area contributed by atoms with Crippen LogP contribution in [0.15, 0.2) is 12.4 Å². The van der Waals surface area contributed by atoms with Crippen molar-refractivity contribution in [2.24, 2.45) is 5.73 Å². The largest absolute Gasteiger partial charge is 0.354 e. The zero-order chi connectivity index (χ0) is 15.1. The smallest absolute Gasteiger partial charge is 0.221 e. The average Bonchev–Trinajstić information content (AvgIpc) is 2.94. The first-order valence-electron chi connectivity index (χ1n) is 7.95. The van der Waals surface area contributed by atoms with Gasteiger partial charge in [-0.3, -0.25) is 14.4 Å². The van der Waals surface area contributed by atoms with E-state index in [-0.39, 0.29) is 5.91 Å². The van der Waals surface area contributed by atoms with Gasteiger partial charge in [0.05, 0.1) is 6.20 Å². The fraction of sp³-hybridized carbons (Fsp3) is 0.733. The normalized spacial score (nSPS) is 19.6. The van der Waals surface area contributed by atoms with E-state index in [1.165, 1.54) is 18.4 Å². The maximum absolute atomic E-state index is 11.6. The lowest BCUT2D eigenvalue weighted by Gasteiger charge is -2.35. The molecular weight excluding hydrogens is 266 g/mol. The Balaban J connectivity index is 1.87. The topological polar surface area (TPSA) is 76.2 Å². The van der Waals surface area contributed by atoms with E-state index in [1.54, 1.807) is 0 Å². The Morgan fingerprint density at radius 2 is 2.38 bits per heavy atom. The fourth-order valence-corrected chi connectivity index (χ4v) is 2.85. The highest BCUT2D eigenvalue weighted by atomic mass is 16.1.